The first-order valence-electron chi connectivity index (χ1n) is 7.44. The molecular formula is C16H21FN2O. The number of rotatable bonds is 2. The zero-order chi connectivity index (χ0) is 14.1. The van der Waals surface area contributed by atoms with Gasteiger partial charge in [-0.1, -0.05) is 11.6 Å². The van der Waals surface area contributed by atoms with Gasteiger partial charge >= 0.3 is 0 Å². The van der Waals surface area contributed by atoms with Crippen molar-refractivity contribution in [3.05, 3.63) is 35.1 Å². The summed E-state index contributed by atoms with van der Waals surface area (Å²) in [5.74, 6) is -0.571. The minimum absolute atomic E-state index is 0.159. The van der Waals surface area contributed by atoms with E-state index in [1.807, 2.05) is 6.92 Å². The van der Waals surface area contributed by atoms with E-state index in [4.69, 9.17) is 0 Å². The fourth-order valence-electron chi connectivity index (χ4n) is 3.30. The topological polar surface area (TPSA) is 23.6 Å². The molecule has 0 aromatic heterocycles. The lowest BCUT2D eigenvalue weighted by Crippen LogP contribution is -2.37. The highest BCUT2D eigenvalue weighted by atomic mass is 19.1. The number of aryl methyl sites for hydroxylation is 1. The maximum atomic E-state index is 13.8. The summed E-state index contributed by atoms with van der Waals surface area (Å²) in [7, 11) is 0. The van der Waals surface area contributed by atoms with E-state index in [1.165, 1.54) is 18.9 Å². The minimum atomic E-state index is -0.412. The number of amides is 1. The van der Waals surface area contributed by atoms with Crippen LogP contribution < -0.4 is 0 Å². The highest BCUT2D eigenvalue weighted by Crippen LogP contribution is 2.22. The molecule has 1 amide bonds. The summed E-state index contributed by atoms with van der Waals surface area (Å²) >= 11 is 0. The third kappa shape index (κ3) is 2.57. The van der Waals surface area contributed by atoms with Crippen LogP contribution in [0.4, 0.5) is 4.39 Å². The summed E-state index contributed by atoms with van der Waals surface area (Å²) in [4.78, 5) is 16.7. The number of halogens is 1. The first kappa shape index (κ1) is 13.6. The predicted octanol–water partition coefficient (Wildman–Crippen LogP) is 2.44. The van der Waals surface area contributed by atoms with Gasteiger partial charge in [0.1, 0.15) is 5.82 Å². The standard InChI is InChI=1S/C16H21FN2O/c1-12-4-5-15(17)14(10-12)16(20)19-9-6-13(11-19)18-7-2-3-8-18/h4-5,10,13H,2-3,6-9,11H2,1H3. The van der Waals surface area contributed by atoms with Gasteiger partial charge in [-0.15, -0.1) is 0 Å². The molecule has 108 valence electrons. The molecule has 2 aliphatic rings. The molecule has 2 aliphatic heterocycles. The molecule has 1 aromatic carbocycles. The summed E-state index contributed by atoms with van der Waals surface area (Å²) in [6, 6.07) is 5.20. The minimum Gasteiger partial charge on any atom is -0.337 e. The Morgan fingerprint density at radius 2 is 2.00 bits per heavy atom. The number of carbonyl (C=O) groups excluding carboxylic acids is 1. The van der Waals surface area contributed by atoms with Crippen LogP contribution in [0.5, 0.6) is 0 Å². The highest BCUT2D eigenvalue weighted by molar-refractivity contribution is 5.94. The molecular weight excluding hydrogens is 255 g/mol. The predicted molar refractivity (Wildman–Crippen MR) is 76.3 cm³/mol. The molecule has 3 rings (SSSR count). The van der Waals surface area contributed by atoms with Crippen molar-refractivity contribution in [2.24, 2.45) is 0 Å². The fourth-order valence-corrected chi connectivity index (χ4v) is 3.30. The first-order valence-corrected chi connectivity index (χ1v) is 7.44. The lowest BCUT2D eigenvalue weighted by Gasteiger charge is -2.23. The van der Waals surface area contributed by atoms with Crippen LogP contribution in [-0.4, -0.2) is 47.9 Å². The van der Waals surface area contributed by atoms with Crippen molar-refractivity contribution in [2.45, 2.75) is 32.2 Å². The van der Waals surface area contributed by atoms with Crippen molar-refractivity contribution >= 4 is 5.91 Å². The van der Waals surface area contributed by atoms with Crippen molar-refractivity contribution in [1.82, 2.24) is 9.80 Å². The largest absolute Gasteiger partial charge is 0.337 e. The van der Waals surface area contributed by atoms with E-state index >= 15 is 0 Å². The van der Waals surface area contributed by atoms with Crippen LogP contribution >= 0.6 is 0 Å². The van der Waals surface area contributed by atoms with E-state index in [0.29, 0.717) is 6.04 Å². The molecule has 2 fully saturated rings. The molecule has 0 spiro atoms. The third-order valence-electron chi connectivity index (χ3n) is 4.46. The summed E-state index contributed by atoms with van der Waals surface area (Å²) in [6.07, 6.45) is 3.53. The van der Waals surface area contributed by atoms with E-state index in [9.17, 15) is 9.18 Å². The maximum Gasteiger partial charge on any atom is 0.256 e. The normalized spacial score (nSPS) is 23.5. The lowest BCUT2D eigenvalue weighted by molar-refractivity contribution is 0.0775. The van der Waals surface area contributed by atoms with Crippen LogP contribution in [-0.2, 0) is 0 Å². The van der Waals surface area contributed by atoms with Crippen LogP contribution in [0, 0.1) is 12.7 Å². The second-order valence-electron chi connectivity index (χ2n) is 5.92. The second-order valence-corrected chi connectivity index (χ2v) is 5.92. The van der Waals surface area contributed by atoms with E-state index in [0.717, 1.165) is 38.2 Å². The Morgan fingerprint density at radius 1 is 1.25 bits per heavy atom. The molecule has 0 bridgehead atoms. The molecule has 0 N–H and O–H groups in total. The van der Waals surface area contributed by atoms with Gasteiger partial charge in [0.25, 0.3) is 5.91 Å². The van der Waals surface area contributed by atoms with E-state index in [2.05, 4.69) is 4.90 Å². The van der Waals surface area contributed by atoms with Gasteiger partial charge in [-0.2, -0.15) is 0 Å². The van der Waals surface area contributed by atoms with Gasteiger partial charge in [0.05, 0.1) is 5.56 Å². The average molecular weight is 276 g/mol. The number of carbonyl (C=O) groups is 1. The maximum absolute atomic E-state index is 13.8. The number of benzene rings is 1. The van der Waals surface area contributed by atoms with Crippen LogP contribution in [0.3, 0.4) is 0 Å². The van der Waals surface area contributed by atoms with Gasteiger partial charge in [-0.05, 0) is 51.4 Å². The molecule has 20 heavy (non-hydrogen) atoms. The smallest absolute Gasteiger partial charge is 0.256 e. The monoisotopic (exact) mass is 276 g/mol. The summed E-state index contributed by atoms with van der Waals surface area (Å²) in [6.45, 7) is 5.66. The van der Waals surface area contributed by atoms with Gasteiger partial charge in [0.15, 0.2) is 0 Å². The molecule has 4 heteroatoms. The van der Waals surface area contributed by atoms with Crippen LogP contribution in [0.25, 0.3) is 0 Å². The molecule has 2 heterocycles. The van der Waals surface area contributed by atoms with Gasteiger partial charge in [-0.25, -0.2) is 4.39 Å². The van der Waals surface area contributed by atoms with E-state index in [-0.39, 0.29) is 11.5 Å². The third-order valence-corrected chi connectivity index (χ3v) is 4.46. The van der Waals surface area contributed by atoms with E-state index < -0.39 is 5.82 Å². The molecule has 0 radical (unpaired) electrons. The van der Waals surface area contributed by atoms with Gasteiger partial charge < -0.3 is 4.90 Å². The fraction of sp³-hybridized carbons (Fsp3) is 0.562. The Bertz CT molecular complexity index is 511. The van der Waals surface area contributed by atoms with Crippen molar-refractivity contribution < 1.29 is 9.18 Å². The van der Waals surface area contributed by atoms with Crippen LogP contribution in [0.1, 0.15) is 35.2 Å². The average Bonchev–Trinajstić information content (AvgIpc) is 3.10. The molecule has 1 atom stereocenters. The van der Waals surface area contributed by atoms with Crippen molar-refractivity contribution in [3.8, 4) is 0 Å². The molecule has 1 unspecified atom stereocenters. The summed E-state index contributed by atoms with van der Waals surface area (Å²) in [5.41, 5.74) is 1.14. The number of likely N-dealkylation sites (tertiary alicyclic amines) is 2. The summed E-state index contributed by atoms with van der Waals surface area (Å²) in [5, 5.41) is 0. The SMILES string of the molecule is Cc1ccc(F)c(C(=O)N2CCC(N3CCCC3)C2)c1. The molecule has 1 aromatic rings. The molecule has 0 saturated carbocycles. The van der Waals surface area contributed by atoms with E-state index in [1.54, 1.807) is 17.0 Å². The molecule has 2 saturated heterocycles. The Morgan fingerprint density at radius 3 is 2.75 bits per heavy atom. The second kappa shape index (κ2) is 5.52. The number of nitrogens with zero attached hydrogens (tertiary/aromatic N) is 2. The Balaban J connectivity index is 1.70. The van der Waals surface area contributed by atoms with Gasteiger partial charge in [0, 0.05) is 19.1 Å². The quantitative estimate of drug-likeness (QED) is 0.828. The van der Waals surface area contributed by atoms with Crippen molar-refractivity contribution in [1.29, 1.82) is 0 Å². The Hall–Kier alpha value is -1.42. The highest BCUT2D eigenvalue weighted by Gasteiger charge is 2.32. The number of hydrogen-bond donors (Lipinski definition) is 0. The van der Waals surface area contributed by atoms with Crippen LogP contribution in [0.15, 0.2) is 18.2 Å². The number of hydrogen-bond acceptors (Lipinski definition) is 2. The van der Waals surface area contributed by atoms with Crippen molar-refractivity contribution in [3.63, 3.8) is 0 Å². The zero-order valence-corrected chi connectivity index (χ0v) is 11.9. The summed E-state index contributed by atoms with van der Waals surface area (Å²) < 4.78 is 13.8. The molecule has 0 aliphatic carbocycles. The van der Waals surface area contributed by atoms with Crippen molar-refractivity contribution in [2.75, 3.05) is 26.2 Å². The molecule has 3 nitrogen and oxygen atoms in total. The lowest BCUT2D eigenvalue weighted by atomic mass is 10.1. The van der Waals surface area contributed by atoms with Gasteiger partial charge in [-0.3, -0.25) is 9.69 Å². The van der Waals surface area contributed by atoms with Crippen LogP contribution in [0.2, 0.25) is 0 Å². The first-order chi connectivity index (χ1) is 9.65. The zero-order valence-electron chi connectivity index (χ0n) is 11.9. The van der Waals surface area contributed by atoms with Gasteiger partial charge in [0.2, 0.25) is 0 Å². The Labute approximate surface area is 119 Å². The Kier molecular flexibility index (Phi) is 3.74.